The zero-order valence-corrected chi connectivity index (χ0v) is 22.3. The number of nitrogens with zero attached hydrogens (tertiary/aromatic N) is 3. The molecule has 0 atom stereocenters. The average Bonchev–Trinajstić information content (AvgIpc) is 3.37. The number of hydrogen-bond acceptors (Lipinski definition) is 4. The van der Waals surface area contributed by atoms with Crippen LogP contribution >= 0.6 is 0 Å². The number of nitro benzene ring substituents is 1. The highest BCUT2D eigenvalue weighted by molar-refractivity contribution is 5.92. The van der Waals surface area contributed by atoms with E-state index in [1.807, 2.05) is 37.4 Å². The van der Waals surface area contributed by atoms with Crippen molar-refractivity contribution in [3.8, 4) is 0 Å². The maximum Gasteiger partial charge on any atom is 0.322 e. The highest BCUT2D eigenvalue weighted by atomic mass is 19.1. The van der Waals surface area contributed by atoms with Gasteiger partial charge in [0.1, 0.15) is 12.4 Å². The van der Waals surface area contributed by atoms with Gasteiger partial charge in [0.15, 0.2) is 0 Å². The van der Waals surface area contributed by atoms with E-state index in [0.717, 1.165) is 28.5 Å². The van der Waals surface area contributed by atoms with Crippen molar-refractivity contribution in [3.05, 3.63) is 106 Å². The van der Waals surface area contributed by atoms with E-state index in [4.69, 9.17) is 0 Å². The van der Waals surface area contributed by atoms with Crippen molar-refractivity contribution in [3.63, 3.8) is 0 Å². The number of halogens is 1. The Bertz CT molecular complexity index is 1450. The van der Waals surface area contributed by atoms with E-state index >= 15 is 0 Å². The molecule has 0 spiro atoms. The van der Waals surface area contributed by atoms with Crippen molar-refractivity contribution in [2.45, 2.75) is 32.7 Å². The lowest BCUT2D eigenvalue weighted by Crippen LogP contribution is -2.45. The molecule has 4 aromatic rings. The number of benzene rings is 3. The van der Waals surface area contributed by atoms with E-state index in [-0.39, 0.29) is 30.5 Å². The Balaban J connectivity index is 1.49. The van der Waals surface area contributed by atoms with Crippen LogP contribution in [0.4, 0.5) is 20.6 Å². The minimum absolute atomic E-state index is 0.0809. The van der Waals surface area contributed by atoms with Crippen molar-refractivity contribution in [1.82, 2.24) is 14.8 Å². The van der Waals surface area contributed by atoms with E-state index in [1.54, 1.807) is 17.0 Å². The third kappa shape index (κ3) is 7.43. The van der Waals surface area contributed by atoms with Crippen LogP contribution in [0.25, 0.3) is 10.9 Å². The topological polar surface area (TPSA) is 112 Å². The minimum Gasteiger partial charge on any atom is -0.361 e. The first-order valence-electron chi connectivity index (χ1n) is 13.2. The molecular weight excluding hydrogens is 513 g/mol. The lowest BCUT2D eigenvalue weighted by Gasteiger charge is -2.28. The Morgan fingerprint density at radius 2 is 1.70 bits per heavy atom. The van der Waals surface area contributed by atoms with Crippen molar-refractivity contribution in [1.29, 1.82) is 0 Å². The molecular formula is C30H32FN5O4. The van der Waals surface area contributed by atoms with Gasteiger partial charge in [-0.2, -0.15) is 0 Å². The second kappa shape index (κ2) is 13.4. The van der Waals surface area contributed by atoms with Crippen LogP contribution in [0.2, 0.25) is 0 Å². The van der Waals surface area contributed by atoms with Crippen LogP contribution in [0.1, 0.15) is 30.9 Å². The first-order valence-corrected chi connectivity index (χ1v) is 13.2. The molecule has 0 bridgehead atoms. The fraction of sp³-hybridized carbons (Fsp3) is 0.267. The molecule has 1 aromatic heterocycles. The molecule has 2 N–H and O–H groups in total. The molecule has 0 aliphatic rings. The number of fused-ring (bicyclic) bond motifs is 1. The molecule has 0 aliphatic heterocycles. The third-order valence-electron chi connectivity index (χ3n) is 6.69. The molecule has 4 rings (SSSR count). The summed E-state index contributed by atoms with van der Waals surface area (Å²) in [5.41, 5.74) is 3.19. The molecule has 0 saturated heterocycles. The van der Waals surface area contributed by atoms with Gasteiger partial charge in [0.25, 0.3) is 5.69 Å². The van der Waals surface area contributed by atoms with Gasteiger partial charge in [0.2, 0.25) is 5.91 Å². The van der Waals surface area contributed by atoms with Crippen LogP contribution in [0.3, 0.4) is 0 Å². The van der Waals surface area contributed by atoms with Gasteiger partial charge in [-0.15, -0.1) is 0 Å². The summed E-state index contributed by atoms with van der Waals surface area (Å²) in [5.74, 6) is -0.590. The standard InChI is InChI=1S/C30H32FN5O4/c1-2-3-17-35(30(38)33-25-12-14-26(15-13-25)36(39)40)21-29(37)34(20-22-8-10-24(31)11-9-22)18-16-23-19-32-28-7-5-4-6-27(23)28/h4-15,19,32H,2-3,16-18,20-21H2,1H3,(H,33,38). The number of rotatable bonds is 12. The van der Waals surface area contributed by atoms with Crippen LogP contribution in [0, 0.1) is 15.9 Å². The maximum atomic E-state index is 13.6. The van der Waals surface area contributed by atoms with Gasteiger partial charge < -0.3 is 20.1 Å². The molecule has 1 heterocycles. The minimum atomic E-state index is -0.510. The molecule has 40 heavy (non-hydrogen) atoms. The number of unbranched alkanes of at least 4 members (excludes halogenated alkanes) is 1. The van der Waals surface area contributed by atoms with E-state index in [9.17, 15) is 24.1 Å². The third-order valence-corrected chi connectivity index (χ3v) is 6.69. The molecule has 9 nitrogen and oxygen atoms in total. The molecule has 0 saturated carbocycles. The van der Waals surface area contributed by atoms with Crippen molar-refractivity contribution in [2.75, 3.05) is 25.0 Å². The summed E-state index contributed by atoms with van der Waals surface area (Å²) >= 11 is 0. The number of urea groups is 1. The van der Waals surface area contributed by atoms with Crippen LogP contribution < -0.4 is 5.32 Å². The average molecular weight is 546 g/mol. The molecule has 0 aliphatic carbocycles. The van der Waals surface area contributed by atoms with Crippen LogP contribution in [0.5, 0.6) is 0 Å². The van der Waals surface area contributed by atoms with Gasteiger partial charge in [-0.3, -0.25) is 14.9 Å². The monoisotopic (exact) mass is 545 g/mol. The zero-order valence-electron chi connectivity index (χ0n) is 22.3. The number of anilines is 1. The molecule has 10 heteroatoms. The molecule has 0 radical (unpaired) electrons. The number of hydrogen-bond donors (Lipinski definition) is 2. The molecule has 0 fully saturated rings. The Labute approximate surface area is 231 Å². The van der Waals surface area contributed by atoms with Crippen molar-refractivity contribution in [2.24, 2.45) is 0 Å². The van der Waals surface area contributed by atoms with Gasteiger partial charge in [-0.25, -0.2) is 9.18 Å². The summed E-state index contributed by atoms with van der Waals surface area (Å²) in [5, 5.41) is 14.8. The first kappa shape index (κ1) is 28.3. The fourth-order valence-electron chi connectivity index (χ4n) is 4.43. The van der Waals surface area contributed by atoms with Gasteiger partial charge >= 0.3 is 6.03 Å². The molecule has 0 unspecified atom stereocenters. The first-order chi connectivity index (χ1) is 19.3. The normalized spacial score (nSPS) is 10.8. The summed E-state index contributed by atoms with van der Waals surface area (Å²) in [6.45, 7) is 2.90. The summed E-state index contributed by atoms with van der Waals surface area (Å²) in [6.07, 6.45) is 4.07. The number of aromatic amines is 1. The van der Waals surface area contributed by atoms with Gasteiger partial charge in [-0.05, 0) is 54.3 Å². The second-order valence-electron chi connectivity index (χ2n) is 9.56. The van der Waals surface area contributed by atoms with Gasteiger partial charge in [0.05, 0.1) is 4.92 Å². The molecule has 208 valence electrons. The Hall–Kier alpha value is -4.73. The number of non-ortho nitro benzene ring substituents is 1. The fourth-order valence-corrected chi connectivity index (χ4v) is 4.43. The summed E-state index contributed by atoms with van der Waals surface area (Å²) < 4.78 is 13.5. The lowest BCUT2D eigenvalue weighted by atomic mass is 10.1. The van der Waals surface area contributed by atoms with E-state index in [2.05, 4.69) is 10.3 Å². The van der Waals surface area contributed by atoms with Crippen LogP contribution in [-0.2, 0) is 17.8 Å². The maximum absolute atomic E-state index is 13.6. The summed E-state index contributed by atoms with van der Waals surface area (Å²) in [6, 6.07) is 19.1. The number of carbonyl (C=O) groups excluding carboxylic acids is 2. The molecule has 3 aromatic carbocycles. The second-order valence-corrected chi connectivity index (χ2v) is 9.56. The number of aromatic nitrogens is 1. The largest absolute Gasteiger partial charge is 0.361 e. The van der Waals surface area contributed by atoms with E-state index in [1.165, 1.54) is 41.3 Å². The van der Waals surface area contributed by atoms with Crippen molar-refractivity contribution < 1.29 is 18.9 Å². The SMILES string of the molecule is CCCCN(CC(=O)N(CCc1c[nH]c2ccccc12)Cc1ccc(F)cc1)C(=O)Nc1ccc([N+](=O)[O-])cc1. The highest BCUT2D eigenvalue weighted by Crippen LogP contribution is 2.20. The number of carbonyl (C=O) groups is 2. The van der Waals surface area contributed by atoms with Crippen molar-refractivity contribution >= 4 is 34.2 Å². The van der Waals surface area contributed by atoms with E-state index < -0.39 is 11.0 Å². The number of H-pyrrole nitrogens is 1. The van der Waals surface area contributed by atoms with Gasteiger partial charge in [0, 0.05) is 54.6 Å². The molecule has 3 amide bonds. The zero-order chi connectivity index (χ0) is 28.5. The lowest BCUT2D eigenvalue weighted by molar-refractivity contribution is -0.384. The Morgan fingerprint density at radius 1 is 0.975 bits per heavy atom. The number of amides is 3. The predicted molar refractivity (Wildman–Crippen MR) is 152 cm³/mol. The number of para-hydroxylation sites is 1. The van der Waals surface area contributed by atoms with Crippen LogP contribution in [-0.4, -0.2) is 51.3 Å². The van der Waals surface area contributed by atoms with Crippen LogP contribution in [0.15, 0.2) is 79.0 Å². The smallest absolute Gasteiger partial charge is 0.322 e. The predicted octanol–water partition coefficient (Wildman–Crippen LogP) is 6.12. The summed E-state index contributed by atoms with van der Waals surface area (Å²) in [7, 11) is 0. The number of nitro groups is 1. The number of nitrogens with one attached hydrogen (secondary N) is 2. The quantitative estimate of drug-likeness (QED) is 0.165. The van der Waals surface area contributed by atoms with Gasteiger partial charge in [-0.1, -0.05) is 43.7 Å². The highest BCUT2D eigenvalue weighted by Gasteiger charge is 2.22. The Kier molecular flexibility index (Phi) is 9.45. The summed E-state index contributed by atoms with van der Waals surface area (Å²) in [4.78, 5) is 43.6. The van der Waals surface area contributed by atoms with E-state index in [0.29, 0.717) is 31.6 Å². The Morgan fingerprint density at radius 3 is 2.40 bits per heavy atom.